The molecule has 6 heteroatoms. The van der Waals surface area contributed by atoms with Crippen molar-refractivity contribution >= 4 is 46.3 Å². The van der Waals surface area contributed by atoms with Gasteiger partial charge in [-0.05, 0) is 36.5 Å². The van der Waals surface area contributed by atoms with Crippen molar-refractivity contribution in [1.82, 2.24) is 4.90 Å². The molecule has 4 nitrogen and oxygen atoms in total. The highest BCUT2D eigenvalue weighted by atomic mass is 32.2. The Morgan fingerprint density at radius 1 is 1.28 bits per heavy atom. The van der Waals surface area contributed by atoms with Crippen molar-refractivity contribution in [3.05, 3.63) is 40.3 Å². The van der Waals surface area contributed by atoms with Gasteiger partial charge in [0.1, 0.15) is 4.32 Å². The van der Waals surface area contributed by atoms with Crippen LogP contribution >= 0.6 is 24.0 Å². The number of aryl methyl sites for hydroxylation is 1. The van der Waals surface area contributed by atoms with Crippen LogP contribution in [0, 0.1) is 0 Å². The first-order chi connectivity index (χ1) is 12.0. The minimum absolute atomic E-state index is 0.0866. The second-order valence-corrected chi connectivity index (χ2v) is 7.43. The molecule has 1 heterocycles. The maximum Gasteiger partial charge on any atom is 0.305 e. The maximum absolute atomic E-state index is 12.5. The van der Waals surface area contributed by atoms with Crippen molar-refractivity contribution in [2.45, 2.75) is 39.5 Å². The quantitative estimate of drug-likeness (QED) is 0.386. The number of thiocarbonyl (C=S) groups is 1. The van der Waals surface area contributed by atoms with Gasteiger partial charge >= 0.3 is 5.97 Å². The first-order valence-electron chi connectivity index (χ1n) is 8.55. The number of carbonyl (C=O) groups is 2. The number of amides is 1. The summed E-state index contributed by atoms with van der Waals surface area (Å²) in [4.78, 5) is 26.2. The molecule has 1 amide bonds. The van der Waals surface area contributed by atoms with E-state index in [-0.39, 0.29) is 11.9 Å². The van der Waals surface area contributed by atoms with Gasteiger partial charge in [0.2, 0.25) is 0 Å². The van der Waals surface area contributed by atoms with Gasteiger partial charge in [-0.25, -0.2) is 0 Å². The Bertz CT molecular complexity index is 668. The van der Waals surface area contributed by atoms with Crippen LogP contribution in [0.1, 0.15) is 44.2 Å². The van der Waals surface area contributed by atoms with E-state index in [1.165, 1.54) is 17.3 Å². The molecule has 1 aliphatic rings. The second-order valence-electron chi connectivity index (χ2n) is 5.75. The zero-order valence-corrected chi connectivity index (χ0v) is 16.3. The van der Waals surface area contributed by atoms with Crippen molar-refractivity contribution in [1.29, 1.82) is 0 Å². The number of nitrogens with zero attached hydrogens (tertiary/aromatic N) is 1. The van der Waals surface area contributed by atoms with E-state index in [0.717, 1.165) is 18.4 Å². The first kappa shape index (κ1) is 19.7. The van der Waals surface area contributed by atoms with Gasteiger partial charge in [-0.1, -0.05) is 62.1 Å². The molecule has 134 valence electrons. The van der Waals surface area contributed by atoms with E-state index in [9.17, 15) is 9.59 Å². The minimum Gasteiger partial charge on any atom is -0.466 e. The number of benzene rings is 1. The summed E-state index contributed by atoms with van der Waals surface area (Å²) >= 11 is 6.62. The second kappa shape index (κ2) is 9.73. The Morgan fingerprint density at radius 3 is 2.64 bits per heavy atom. The lowest BCUT2D eigenvalue weighted by Gasteiger charge is -2.13. The van der Waals surface area contributed by atoms with Gasteiger partial charge in [0.25, 0.3) is 5.91 Å². The largest absolute Gasteiger partial charge is 0.466 e. The predicted molar refractivity (Wildman–Crippen MR) is 106 cm³/mol. The summed E-state index contributed by atoms with van der Waals surface area (Å²) in [6.45, 7) is 4.95. The summed E-state index contributed by atoms with van der Waals surface area (Å²) in [5.74, 6) is -0.310. The number of hydrogen-bond acceptors (Lipinski definition) is 5. The third-order valence-electron chi connectivity index (χ3n) is 3.79. The lowest BCUT2D eigenvalue weighted by atomic mass is 10.1. The Balaban J connectivity index is 1.92. The third-order valence-corrected chi connectivity index (χ3v) is 5.17. The third kappa shape index (κ3) is 5.68. The molecule has 1 aromatic carbocycles. The van der Waals surface area contributed by atoms with Crippen LogP contribution in [0.5, 0.6) is 0 Å². The number of thioether (sulfide) groups is 1. The fraction of sp³-hybridized carbons (Fsp3) is 0.421. The van der Waals surface area contributed by atoms with Gasteiger partial charge in [0.15, 0.2) is 0 Å². The molecule has 1 aromatic rings. The Labute approximate surface area is 158 Å². The standard InChI is InChI=1S/C19H23NO3S2/c1-3-12-23-17(21)6-5-11-20-18(22)16(25-19(20)24)13-15-9-7-14(4-2)8-10-15/h7-10,13H,3-6,11-12H2,1-2H3. The molecule has 0 N–H and O–H groups in total. The number of ether oxygens (including phenoxy) is 1. The minimum atomic E-state index is -0.223. The van der Waals surface area contributed by atoms with E-state index in [2.05, 4.69) is 19.1 Å². The molecule has 0 bridgehead atoms. The highest BCUT2D eigenvalue weighted by Gasteiger charge is 2.31. The van der Waals surface area contributed by atoms with E-state index in [1.807, 2.05) is 25.1 Å². The molecule has 1 aliphatic heterocycles. The molecule has 0 aliphatic carbocycles. The van der Waals surface area contributed by atoms with E-state index in [0.29, 0.717) is 35.2 Å². The molecule has 0 saturated carbocycles. The normalized spacial score (nSPS) is 15.9. The molecule has 0 unspecified atom stereocenters. The summed E-state index contributed by atoms with van der Waals surface area (Å²) in [5.41, 5.74) is 2.25. The van der Waals surface area contributed by atoms with E-state index < -0.39 is 0 Å². The van der Waals surface area contributed by atoms with E-state index in [1.54, 1.807) is 4.90 Å². The van der Waals surface area contributed by atoms with Crippen LogP contribution in [-0.2, 0) is 20.7 Å². The van der Waals surface area contributed by atoms with Crippen LogP contribution in [-0.4, -0.2) is 34.2 Å². The monoisotopic (exact) mass is 377 g/mol. The highest BCUT2D eigenvalue weighted by molar-refractivity contribution is 8.26. The number of rotatable bonds is 8. The van der Waals surface area contributed by atoms with Crippen LogP contribution in [0.4, 0.5) is 0 Å². The van der Waals surface area contributed by atoms with Crippen molar-refractivity contribution < 1.29 is 14.3 Å². The van der Waals surface area contributed by atoms with Crippen LogP contribution in [0.15, 0.2) is 29.2 Å². The van der Waals surface area contributed by atoms with E-state index >= 15 is 0 Å². The van der Waals surface area contributed by atoms with Crippen LogP contribution in [0.2, 0.25) is 0 Å². The topological polar surface area (TPSA) is 46.6 Å². The Morgan fingerprint density at radius 2 is 2.00 bits per heavy atom. The molecular formula is C19H23NO3S2. The smallest absolute Gasteiger partial charge is 0.305 e. The van der Waals surface area contributed by atoms with Gasteiger partial charge in [0, 0.05) is 13.0 Å². The van der Waals surface area contributed by atoms with Crippen LogP contribution in [0.3, 0.4) is 0 Å². The van der Waals surface area contributed by atoms with Crippen molar-refractivity contribution in [2.24, 2.45) is 0 Å². The average molecular weight is 378 g/mol. The molecule has 0 aromatic heterocycles. The lowest BCUT2D eigenvalue weighted by molar-refractivity contribution is -0.144. The molecular weight excluding hydrogens is 354 g/mol. The fourth-order valence-corrected chi connectivity index (χ4v) is 3.67. The molecule has 2 rings (SSSR count). The molecule has 25 heavy (non-hydrogen) atoms. The highest BCUT2D eigenvalue weighted by Crippen LogP contribution is 2.32. The summed E-state index contributed by atoms with van der Waals surface area (Å²) in [6.07, 6.45) is 4.52. The maximum atomic E-state index is 12.5. The summed E-state index contributed by atoms with van der Waals surface area (Å²) in [7, 11) is 0. The molecule has 0 atom stereocenters. The van der Waals surface area contributed by atoms with Crippen LogP contribution in [0.25, 0.3) is 6.08 Å². The number of esters is 1. The SMILES string of the molecule is CCCOC(=O)CCCN1C(=O)C(=Cc2ccc(CC)cc2)SC1=S. The summed E-state index contributed by atoms with van der Waals surface area (Å²) in [6, 6.07) is 8.15. The van der Waals surface area contributed by atoms with Gasteiger partial charge in [-0.2, -0.15) is 0 Å². The van der Waals surface area contributed by atoms with Gasteiger partial charge < -0.3 is 4.74 Å². The lowest BCUT2D eigenvalue weighted by Crippen LogP contribution is -2.29. The van der Waals surface area contributed by atoms with E-state index in [4.69, 9.17) is 17.0 Å². The van der Waals surface area contributed by atoms with Crippen molar-refractivity contribution in [2.75, 3.05) is 13.2 Å². The zero-order valence-electron chi connectivity index (χ0n) is 14.6. The van der Waals surface area contributed by atoms with Crippen molar-refractivity contribution in [3.63, 3.8) is 0 Å². The number of carbonyl (C=O) groups excluding carboxylic acids is 2. The molecule has 0 radical (unpaired) electrons. The Kier molecular flexibility index (Phi) is 7.65. The van der Waals surface area contributed by atoms with Crippen LogP contribution < -0.4 is 0 Å². The predicted octanol–water partition coefficient (Wildman–Crippen LogP) is 4.18. The van der Waals surface area contributed by atoms with Gasteiger partial charge in [0.05, 0.1) is 11.5 Å². The average Bonchev–Trinajstić information content (AvgIpc) is 2.88. The van der Waals surface area contributed by atoms with Gasteiger partial charge in [-0.15, -0.1) is 0 Å². The van der Waals surface area contributed by atoms with Gasteiger partial charge in [-0.3, -0.25) is 14.5 Å². The summed E-state index contributed by atoms with van der Waals surface area (Å²) < 4.78 is 5.58. The number of hydrogen-bond donors (Lipinski definition) is 0. The Hall–Kier alpha value is -1.66. The molecule has 0 spiro atoms. The molecule has 1 fully saturated rings. The molecule has 1 saturated heterocycles. The van der Waals surface area contributed by atoms with Crippen molar-refractivity contribution in [3.8, 4) is 0 Å². The fourth-order valence-electron chi connectivity index (χ4n) is 2.36. The zero-order chi connectivity index (χ0) is 18.2. The summed E-state index contributed by atoms with van der Waals surface area (Å²) in [5, 5.41) is 0. The first-order valence-corrected chi connectivity index (χ1v) is 9.77.